The Hall–Kier alpha value is -0.610. The molecule has 1 saturated carbocycles. The van der Waals surface area contributed by atoms with Crippen LogP contribution in [0.5, 0.6) is 0 Å². The fourth-order valence-corrected chi connectivity index (χ4v) is 2.45. The monoisotopic (exact) mass is 242 g/mol. The average molecular weight is 242 g/mol. The van der Waals surface area contributed by atoms with Crippen molar-refractivity contribution < 1.29 is 9.53 Å². The summed E-state index contributed by atoms with van der Waals surface area (Å²) < 4.78 is 5.23. The molecule has 2 N–H and O–H groups in total. The number of nitrogens with zero attached hydrogens (tertiary/aromatic N) is 1. The molecule has 1 amide bonds. The maximum Gasteiger partial charge on any atom is 0.222 e. The zero-order valence-corrected chi connectivity index (χ0v) is 11.2. The van der Waals surface area contributed by atoms with Crippen molar-refractivity contribution in [3.63, 3.8) is 0 Å². The van der Waals surface area contributed by atoms with E-state index in [2.05, 4.69) is 0 Å². The van der Waals surface area contributed by atoms with Gasteiger partial charge in [-0.15, -0.1) is 0 Å². The van der Waals surface area contributed by atoms with Crippen LogP contribution in [0.4, 0.5) is 0 Å². The molecule has 0 heterocycles. The SMILES string of the molecule is CCOCCCC(=O)N(C)C1CCCCC1N. The molecule has 0 radical (unpaired) electrons. The van der Waals surface area contributed by atoms with E-state index in [1.165, 1.54) is 12.8 Å². The molecule has 2 atom stereocenters. The molecule has 1 rings (SSSR count). The summed E-state index contributed by atoms with van der Waals surface area (Å²) in [7, 11) is 1.89. The number of ether oxygens (including phenoxy) is 1. The molecule has 17 heavy (non-hydrogen) atoms. The molecule has 0 aliphatic heterocycles. The smallest absolute Gasteiger partial charge is 0.222 e. The first-order valence-electron chi connectivity index (χ1n) is 6.75. The molecule has 0 aromatic carbocycles. The van der Waals surface area contributed by atoms with Crippen molar-refractivity contribution in [1.82, 2.24) is 4.90 Å². The van der Waals surface area contributed by atoms with Crippen LogP contribution >= 0.6 is 0 Å². The average Bonchev–Trinajstić information content (AvgIpc) is 2.34. The van der Waals surface area contributed by atoms with Crippen molar-refractivity contribution >= 4 is 5.91 Å². The molecule has 4 nitrogen and oxygen atoms in total. The molecule has 2 unspecified atom stereocenters. The normalized spacial score (nSPS) is 24.6. The van der Waals surface area contributed by atoms with Gasteiger partial charge >= 0.3 is 0 Å². The van der Waals surface area contributed by atoms with E-state index in [1.807, 2.05) is 18.9 Å². The molecule has 0 bridgehead atoms. The van der Waals surface area contributed by atoms with Gasteiger partial charge < -0.3 is 15.4 Å². The number of hydrogen-bond donors (Lipinski definition) is 1. The van der Waals surface area contributed by atoms with Crippen LogP contribution in [-0.2, 0) is 9.53 Å². The van der Waals surface area contributed by atoms with Crippen LogP contribution in [-0.4, -0.2) is 43.2 Å². The summed E-state index contributed by atoms with van der Waals surface area (Å²) in [4.78, 5) is 13.8. The predicted octanol–water partition coefficient (Wildman–Crippen LogP) is 1.53. The molecule has 100 valence electrons. The van der Waals surface area contributed by atoms with Gasteiger partial charge in [-0.1, -0.05) is 12.8 Å². The highest BCUT2D eigenvalue weighted by Crippen LogP contribution is 2.21. The Labute approximate surface area is 104 Å². The number of hydrogen-bond acceptors (Lipinski definition) is 3. The van der Waals surface area contributed by atoms with Crippen LogP contribution in [0.15, 0.2) is 0 Å². The van der Waals surface area contributed by atoms with Crippen molar-refractivity contribution in [3.05, 3.63) is 0 Å². The highest BCUT2D eigenvalue weighted by atomic mass is 16.5. The van der Waals surface area contributed by atoms with Crippen LogP contribution in [0, 0.1) is 0 Å². The second kappa shape index (κ2) is 7.67. The number of rotatable bonds is 6. The minimum atomic E-state index is 0.157. The Kier molecular flexibility index (Phi) is 6.52. The lowest BCUT2D eigenvalue weighted by atomic mass is 9.90. The van der Waals surface area contributed by atoms with E-state index >= 15 is 0 Å². The summed E-state index contributed by atoms with van der Waals surface area (Å²) in [6.07, 6.45) is 5.85. The number of carbonyl (C=O) groups excluding carboxylic acids is 1. The minimum absolute atomic E-state index is 0.157. The van der Waals surface area contributed by atoms with E-state index in [0.717, 1.165) is 25.9 Å². The van der Waals surface area contributed by atoms with E-state index in [9.17, 15) is 4.79 Å². The Morgan fingerprint density at radius 2 is 2.12 bits per heavy atom. The van der Waals surface area contributed by atoms with Crippen molar-refractivity contribution in [1.29, 1.82) is 0 Å². The van der Waals surface area contributed by atoms with Gasteiger partial charge in [0.2, 0.25) is 5.91 Å². The van der Waals surface area contributed by atoms with Crippen LogP contribution in [0.3, 0.4) is 0 Å². The van der Waals surface area contributed by atoms with Crippen molar-refractivity contribution in [3.8, 4) is 0 Å². The topological polar surface area (TPSA) is 55.6 Å². The summed E-state index contributed by atoms with van der Waals surface area (Å²) in [5.74, 6) is 0.201. The molecule has 1 aliphatic carbocycles. The van der Waals surface area contributed by atoms with Gasteiger partial charge in [0.25, 0.3) is 0 Å². The highest BCUT2D eigenvalue weighted by Gasteiger charge is 2.27. The van der Waals surface area contributed by atoms with Crippen LogP contribution in [0.25, 0.3) is 0 Å². The third kappa shape index (κ3) is 4.64. The number of likely N-dealkylation sites (N-methyl/N-ethyl adjacent to an activating group) is 1. The van der Waals surface area contributed by atoms with E-state index in [1.54, 1.807) is 0 Å². The first-order valence-corrected chi connectivity index (χ1v) is 6.75. The molecule has 1 aliphatic rings. The molecule has 1 fully saturated rings. The van der Waals surface area contributed by atoms with Crippen LogP contribution in [0.1, 0.15) is 45.4 Å². The molecular formula is C13H26N2O2. The first kappa shape index (κ1) is 14.5. The van der Waals surface area contributed by atoms with Gasteiger partial charge in [-0.05, 0) is 26.2 Å². The van der Waals surface area contributed by atoms with Crippen molar-refractivity contribution in [2.45, 2.75) is 57.5 Å². The zero-order valence-electron chi connectivity index (χ0n) is 11.2. The van der Waals surface area contributed by atoms with Gasteiger partial charge in [0.1, 0.15) is 0 Å². The lowest BCUT2D eigenvalue weighted by Crippen LogP contribution is -2.50. The number of carbonyl (C=O) groups is 1. The van der Waals surface area contributed by atoms with Crippen molar-refractivity contribution in [2.24, 2.45) is 5.73 Å². The lowest BCUT2D eigenvalue weighted by Gasteiger charge is -2.36. The van der Waals surface area contributed by atoms with Gasteiger partial charge in [-0.2, -0.15) is 0 Å². The maximum absolute atomic E-state index is 12.0. The molecule has 0 aromatic heterocycles. The van der Waals surface area contributed by atoms with Crippen LogP contribution < -0.4 is 5.73 Å². The fraction of sp³-hybridized carbons (Fsp3) is 0.923. The largest absolute Gasteiger partial charge is 0.382 e. The van der Waals surface area contributed by atoms with Gasteiger partial charge in [0, 0.05) is 38.8 Å². The standard InChI is InChI=1S/C13H26N2O2/c1-3-17-10-6-9-13(16)15(2)12-8-5-4-7-11(12)14/h11-12H,3-10,14H2,1-2H3. The summed E-state index contributed by atoms with van der Waals surface area (Å²) in [6.45, 7) is 3.36. The molecule has 0 spiro atoms. The Morgan fingerprint density at radius 1 is 1.41 bits per heavy atom. The highest BCUT2D eigenvalue weighted by molar-refractivity contribution is 5.76. The Morgan fingerprint density at radius 3 is 2.76 bits per heavy atom. The Bertz CT molecular complexity index is 233. The molecule has 4 heteroatoms. The van der Waals surface area contributed by atoms with E-state index in [0.29, 0.717) is 13.0 Å². The van der Waals surface area contributed by atoms with Gasteiger partial charge in [-0.25, -0.2) is 0 Å². The van der Waals surface area contributed by atoms with E-state index < -0.39 is 0 Å². The molecular weight excluding hydrogens is 216 g/mol. The first-order chi connectivity index (χ1) is 8.16. The molecule has 0 saturated heterocycles. The van der Waals surface area contributed by atoms with Gasteiger partial charge in [0.05, 0.1) is 0 Å². The third-order valence-corrected chi connectivity index (χ3v) is 3.56. The second-order valence-electron chi connectivity index (χ2n) is 4.82. The fourth-order valence-electron chi connectivity index (χ4n) is 2.45. The predicted molar refractivity (Wildman–Crippen MR) is 68.7 cm³/mol. The quantitative estimate of drug-likeness (QED) is 0.719. The third-order valence-electron chi connectivity index (χ3n) is 3.56. The zero-order chi connectivity index (χ0) is 12.7. The minimum Gasteiger partial charge on any atom is -0.382 e. The number of nitrogens with two attached hydrogens (primary N) is 1. The van der Waals surface area contributed by atoms with Crippen LogP contribution in [0.2, 0.25) is 0 Å². The van der Waals surface area contributed by atoms with Crippen molar-refractivity contribution in [2.75, 3.05) is 20.3 Å². The summed E-state index contributed by atoms with van der Waals surface area (Å²) in [5, 5.41) is 0. The second-order valence-corrected chi connectivity index (χ2v) is 4.82. The summed E-state index contributed by atoms with van der Waals surface area (Å²) >= 11 is 0. The van der Waals surface area contributed by atoms with E-state index in [4.69, 9.17) is 10.5 Å². The Balaban J connectivity index is 2.29. The van der Waals surface area contributed by atoms with E-state index in [-0.39, 0.29) is 18.0 Å². The van der Waals surface area contributed by atoms with Gasteiger partial charge in [-0.3, -0.25) is 4.79 Å². The number of amides is 1. The molecule has 0 aromatic rings. The lowest BCUT2D eigenvalue weighted by molar-refractivity contribution is -0.133. The summed E-state index contributed by atoms with van der Waals surface area (Å²) in [6, 6.07) is 0.396. The van der Waals surface area contributed by atoms with Gasteiger partial charge in [0.15, 0.2) is 0 Å². The summed E-state index contributed by atoms with van der Waals surface area (Å²) in [5.41, 5.74) is 6.08. The maximum atomic E-state index is 12.0.